The predicted molar refractivity (Wildman–Crippen MR) is 69.8 cm³/mol. The van der Waals surface area contributed by atoms with E-state index in [4.69, 9.17) is 4.52 Å². The standard InChI is InChI=1S/C12H22N2OS/c1-9(2)8-16-6-5-13-7-12-10(3)14-15-11(12)4/h9,13H,5-8H2,1-4H3. The highest BCUT2D eigenvalue weighted by Crippen LogP contribution is 2.11. The number of hydrogen-bond acceptors (Lipinski definition) is 4. The van der Waals surface area contributed by atoms with Crippen molar-refractivity contribution in [3.05, 3.63) is 17.0 Å². The van der Waals surface area contributed by atoms with Crippen LogP contribution in [-0.2, 0) is 6.54 Å². The third-order valence-electron chi connectivity index (χ3n) is 2.36. The summed E-state index contributed by atoms with van der Waals surface area (Å²) in [5.74, 6) is 4.13. The second kappa shape index (κ2) is 6.97. The van der Waals surface area contributed by atoms with Crippen molar-refractivity contribution < 1.29 is 4.52 Å². The zero-order valence-corrected chi connectivity index (χ0v) is 11.5. The number of aromatic nitrogens is 1. The first-order valence-electron chi connectivity index (χ1n) is 5.81. The van der Waals surface area contributed by atoms with E-state index in [0.29, 0.717) is 0 Å². The number of nitrogens with zero attached hydrogens (tertiary/aromatic N) is 1. The molecule has 1 heterocycles. The van der Waals surface area contributed by atoms with Crippen molar-refractivity contribution in [2.75, 3.05) is 18.1 Å². The fourth-order valence-corrected chi connectivity index (χ4v) is 2.36. The Morgan fingerprint density at radius 1 is 1.38 bits per heavy atom. The van der Waals surface area contributed by atoms with Gasteiger partial charge in [-0.2, -0.15) is 11.8 Å². The number of nitrogens with one attached hydrogen (secondary N) is 1. The minimum absolute atomic E-state index is 0.785. The molecule has 1 rings (SSSR count). The molecule has 0 aliphatic carbocycles. The van der Waals surface area contributed by atoms with Crippen molar-refractivity contribution in [3.8, 4) is 0 Å². The van der Waals surface area contributed by atoms with E-state index in [1.807, 2.05) is 25.6 Å². The first-order chi connectivity index (χ1) is 7.61. The molecule has 0 unspecified atom stereocenters. The third-order valence-corrected chi connectivity index (χ3v) is 3.75. The second-order valence-corrected chi connectivity index (χ2v) is 5.60. The van der Waals surface area contributed by atoms with Crippen LogP contribution < -0.4 is 5.32 Å². The first kappa shape index (κ1) is 13.6. The Kier molecular flexibility index (Phi) is 5.91. The molecule has 16 heavy (non-hydrogen) atoms. The molecule has 3 nitrogen and oxygen atoms in total. The third kappa shape index (κ3) is 4.58. The lowest BCUT2D eigenvalue weighted by Crippen LogP contribution is -2.17. The van der Waals surface area contributed by atoms with E-state index in [0.717, 1.165) is 30.5 Å². The van der Waals surface area contributed by atoms with E-state index in [-0.39, 0.29) is 0 Å². The van der Waals surface area contributed by atoms with Gasteiger partial charge >= 0.3 is 0 Å². The van der Waals surface area contributed by atoms with Crippen molar-refractivity contribution >= 4 is 11.8 Å². The Bertz CT molecular complexity index is 290. The van der Waals surface area contributed by atoms with Crippen LogP contribution in [0.1, 0.15) is 30.9 Å². The Morgan fingerprint density at radius 2 is 2.12 bits per heavy atom. The molecular formula is C12H22N2OS. The second-order valence-electron chi connectivity index (χ2n) is 4.45. The molecule has 0 aliphatic heterocycles. The zero-order valence-electron chi connectivity index (χ0n) is 10.7. The van der Waals surface area contributed by atoms with E-state index < -0.39 is 0 Å². The van der Waals surface area contributed by atoms with Crippen molar-refractivity contribution in [3.63, 3.8) is 0 Å². The van der Waals surface area contributed by atoms with Crippen molar-refractivity contribution in [1.29, 1.82) is 0 Å². The minimum Gasteiger partial charge on any atom is -0.361 e. The van der Waals surface area contributed by atoms with Crippen LogP contribution in [0.25, 0.3) is 0 Å². The number of thioether (sulfide) groups is 1. The fourth-order valence-electron chi connectivity index (χ4n) is 1.43. The van der Waals surface area contributed by atoms with Gasteiger partial charge < -0.3 is 9.84 Å². The molecule has 1 aromatic rings. The largest absolute Gasteiger partial charge is 0.361 e. The number of aryl methyl sites for hydroxylation is 2. The summed E-state index contributed by atoms with van der Waals surface area (Å²) in [4.78, 5) is 0. The predicted octanol–water partition coefficient (Wildman–Crippen LogP) is 2.77. The molecule has 0 aliphatic rings. The highest BCUT2D eigenvalue weighted by molar-refractivity contribution is 7.99. The van der Waals surface area contributed by atoms with E-state index in [9.17, 15) is 0 Å². The van der Waals surface area contributed by atoms with Crippen molar-refractivity contribution in [1.82, 2.24) is 10.5 Å². The van der Waals surface area contributed by atoms with E-state index in [2.05, 4.69) is 24.3 Å². The van der Waals surface area contributed by atoms with Crippen LogP contribution in [0.3, 0.4) is 0 Å². The van der Waals surface area contributed by atoms with Gasteiger partial charge in [0.2, 0.25) is 0 Å². The molecule has 0 fully saturated rings. The molecule has 0 saturated heterocycles. The van der Waals surface area contributed by atoms with Crippen LogP contribution in [0.2, 0.25) is 0 Å². The van der Waals surface area contributed by atoms with Crippen LogP contribution >= 0.6 is 11.8 Å². The van der Waals surface area contributed by atoms with Crippen LogP contribution in [-0.4, -0.2) is 23.2 Å². The van der Waals surface area contributed by atoms with Crippen LogP contribution in [0.4, 0.5) is 0 Å². The Balaban J connectivity index is 2.12. The molecule has 1 N–H and O–H groups in total. The lowest BCUT2D eigenvalue weighted by atomic mass is 10.2. The quantitative estimate of drug-likeness (QED) is 0.746. The van der Waals surface area contributed by atoms with Gasteiger partial charge in [-0.1, -0.05) is 19.0 Å². The van der Waals surface area contributed by atoms with Gasteiger partial charge in [0.25, 0.3) is 0 Å². The Hall–Kier alpha value is -0.480. The lowest BCUT2D eigenvalue weighted by molar-refractivity contribution is 0.392. The van der Waals surface area contributed by atoms with E-state index >= 15 is 0 Å². The van der Waals surface area contributed by atoms with Crippen molar-refractivity contribution in [2.24, 2.45) is 5.92 Å². The summed E-state index contributed by atoms with van der Waals surface area (Å²) in [5, 5.41) is 7.36. The summed E-state index contributed by atoms with van der Waals surface area (Å²) in [5.41, 5.74) is 2.20. The Labute approximate surface area is 102 Å². The van der Waals surface area contributed by atoms with Crippen molar-refractivity contribution in [2.45, 2.75) is 34.2 Å². The van der Waals surface area contributed by atoms with Gasteiger partial charge in [-0.05, 0) is 25.5 Å². The highest BCUT2D eigenvalue weighted by atomic mass is 32.2. The fraction of sp³-hybridized carbons (Fsp3) is 0.750. The smallest absolute Gasteiger partial charge is 0.138 e. The van der Waals surface area contributed by atoms with Gasteiger partial charge in [0.15, 0.2) is 0 Å². The molecule has 0 radical (unpaired) electrons. The number of rotatable bonds is 7. The van der Waals surface area contributed by atoms with Gasteiger partial charge in [-0.3, -0.25) is 0 Å². The maximum Gasteiger partial charge on any atom is 0.138 e. The molecule has 92 valence electrons. The van der Waals surface area contributed by atoms with Crippen LogP contribution in [0, 0.1) is 19.8 Å². The summed E-state index contributed by atoms with van der Waals surface area (Å²) >= 11 is 2.01. The van der Waals surface area contributed by atoms with Gasteiger partial charge in [-0.15, -0.1) is 0 Å². The Morgan fingerprint density at radius 3 is 2.69 bits per heavy atom. The molecule has 0 saturated carbocycles. The molecule has 0 atom stereocenters. The summed E-state index contributed by atoms with van der Waals surface area (Å²) in [6.45, 7) is 10.4. The highest BCUT2D eigenvalue weighted by Gasteiger charge is 2.07. The van der Waals surface area contributed by atoms with Gasteiger partial charge in [0.05, 0.1) is 5.69 Å². The SMILES string of the molecule is Cc1noc(C)c1CNCCSCC(C)C. The van der Waals surface area contributed by atoms with Gasteiger partial charge in [0.1, 0.15) is 5.76 Å². The maximum absolute atomic E-state index is 5.11. The average Bonchev–Trinajstić information content (AvgIpc) is 2.53. The lowest BCUT2D eigenvalue weighted by Gasteiger charge is -2.06. The first-order valence-corrected chi connectivity index (χ1v) is 6.97. The molecule has 0 amide bonds. The topological polar surface area (TPSA) is 38.1 Å². The van der Waals surface area contributed by atoms with Crippen LogP contribution in [0.15, 0.2) is 4.52 Å². The summed E-state index contributed by atoms with van der Waals surface area (Å²) in [7, 11) is 0. The maximum atomic E-state index is 5.11. The molecule has 4 heteroatoms. The molecule has 0 spiro atoms. The van der Waals surface area contributed by atoms with E-state index in [1.54, 1.807) is 0 Å². The normalized spacial score (nSPS) is 11.3. The van der Waals surface area contributed by atoms with E-state index in [1.165, 1.54) is 17.1 Å². The molecule has 0 aromatic carbocycles. The monoisotopic (exact) mass is 242 g/mol. The summed E-state index contributed by atoms with van der Waals surface area (Å²) in [6.07, 6.45) is 0. The minimum atomic E-state index is 0.785. The van der Waals surface area contributed by atoms with Crippen LogP contribution in [0.5, 0.6) is 0 Å². The van der Waals surface area contributed by atoms with Gasteiger partial charge in [0, 0.05) is 24.4 Å². The molecular weight excluding hydrogens is 220 g/mol. The van der Waals surface area contributed by atoms with Gasteiger partial charge in [-0.25, -0.2) is 0 Å². The summed E-state index contributed by atoms with van der Waals surface area (Å²) in [6, 6.07) is 0. The molecule has 0 bridgehead atoms. The average molecular weight is 242 g/mol. The summed E-state index contributed by atoms with van der Waals surface area (Å²) < 4.78 is 5.11. The zero-order chi connectivity index (χ0) is 12.0. The molecule has 1 aromatic heterocycles. The number of hydrogen-bond donors (Lipinski definition) is 1.